The molecule has 4 aliphatic rings. The molecule has 0 bridgehead atoms. The molecular weight excluding hydrogens is 591 g/mol. The molecule has 0 spiro atoms. The Morgan fingerprint density at radius 1 is 1.00 bits per heavy atom. The van der Waals surface area contributed by atoms with Gasteiger partial charge in [0.25, 0.3) is 0 Å². The van der Waals surface area contributed by atoms with Crippen molar-refractivity contribution in [3.8, 4) is 0 Å². The average molecular weight is 641 g/mol. The van der Waals surface area contributed by atoms with Crippen LogP contribution in [0.15, 0.2) is 11.1 Å². The molecule has 0 aromatic heterocycles. The first kappa shape index (κ1) is 30.0. The minimum atomic E-state index is -0.221. The Kier molecular flexibility index (Phi) is 8.82. The van der Waals surface area contributed by atoms with Crippen molar-refractivity contribution in [1.82, 2.24) is 0 Å². The lowest BCUT2D eigenvalue weighted by atomic mass is 9.48. The Hall–Kier alpha value is -0.920. The summed E-state index contributed by atoms with van der Waals surface area (Å²) in [5.74, 6) is 2.17. The van der Waals surface area contributed by atoms with Crippen molar-refractivity contribution in [2.24, 2.45) is 46.3 Å². The number of esters is 2. The van der Waals surface area contributed by atoms with E-state index in [1.54, 1.807) is 0 Å². The number of Topliss-reactive ketones (excluding diaryl/α,β-unsaturated/α-hetero) is 1. The predicted molar refractivity (Wildman–Crippen MR) is 158 cm³/mol. The molecule has 10 atom stereocenters. The third-order valence-electron chi connectivity index (χ3n) is 11.5. The van der Waals surface area contributed by atoms with Crippen LogP contribution < -0.4 is 0 Å². The summed E-state index contributed by atoms with van der Waals surface area (Å²) in [6.45, 7) is 16.7. The Morgan fingerprint density at radius 3 is 2.29 bits per heavy atom. The zero-order chi connectivity index (χ0) is 28.2. The first-order valence-electron chi connectivity index (χ1n) is 15.0. The maximum absolute atomic E-state index is 13.8. The molecule has 214 valence electrons. The van der Waals surface area contributed by atoms with Crippen LogP contribution in [0.2, 0.25) is 0 Å². The zero-order valence-corrected chi connectivity index (χ0v) is 26.9. The molecule has 0 N–H and O–H groups in total. The van der Waals surface area contributed by atoms with Crippen molar-refractivity contribution in [3.63, 3.8) is 0 Å². The Balaban J connectivity index is 1.60. The van der Waals surface area contributed by atoms with Crippen LogP contribution in [0.4, 0.5) is 0 Å². The maximum Gasteiger partial charge on any atom is 0.302 e. The van der Waals surface area contributed by atoms with E-state index in [-0.39, 0.29) is 56.7 Å². The van der Waals surface area contributed by atoms with Crippen molar-refractivity contribution >= 4 is 40.3 Å². The van der Waals surface area contributed by atoms with Crippen molar-refractivity contribution < 1.29 is 23.9 Å². The summed E-state index contributed by atoms with van der Waals surface area (Å²) < 4.78 is 11.7. The molecular formula is C32H49IO5. The van der Waals surface area contributed by atoms with Gasteiger partial charge in [-0.3, -0.25) is 14.4 Å². The highest BCUT2D eigenvalue weighted by Crippen LogP contribution is 2.65. The summed E-state index contributed by atoms with van der Waals surface area (Å²) in [4.78, 5) is 37.4. The Bertz CT molecular complexity index is 986. The summed E-state index contributed by atoms with van der Waals surface area (Å²) in [7, 11) is 0. The van der Waals surface area contributed by atoms with Gasteiger partial charge >= 0.3 is 11.9 Å². The van der Waals surface area contributed by atoms with Crippen molar-refractivity contribution in [1.29, 1.82) is 0 Å². The van der Waals surface area contributed by atoms with E-state index in [0.29, 0.717) is 30.0 Å². The molecule has 6 heteroatoms. The van der Waals surface area contributed by atoms with E-state index in [1.165, 1.54) is 19.4 Å². The first-order valence-corrected chi connectivity index (χ1v) is 16.2. The first-order chi connectivity index (χ1) is 17.7. The van der Waals surface area contributed by atoms with Gasteiger partial charge in [0.2, 0.25) is 0 Å². The Labute approximate surface area is 243 Å². The van der Waals surface area contributed by atoms with Crippen LogP contribution in [0.3, 0.4) is 0 Å². The molecule has 0 unspecified atom stereocenters. The molecule has 4 aliphatic carbocycles. The normalized spacial score (nSPS) is 38.0. The monoisotopic (exact) mass is 640 g/mol. The summed E-state index contributed by atoms with van der Waals surface area (Å²) in [5.41, 5.74) is 2.70. The average Bonchev–Trinajstić information content (AvgIpc) is 3.11. The standard InChI is InChI=1S/C32H49IO5/c1-17(2)18(3)30(38-21(6)35)29(33)19(4)26-16-27(36)28-24-10-9-22-15-23(37-20(5)34)11-13-31(22,7)25(24)12-14-32(26,28)8/h17-19,22-23,25-26,29-30H,9-16H2,1-8H3/t18-,19+,22+,23+,25+,26-,29+,30-,31+,32-/m1/s1. The fraction of sp³-hybridized carbons (Fsp3) is 0.844. The summed E-state index contributed by atoms with van der Waals surface area (Å²) in [6, 6.07) is 0. The smallest absolute Gasteiger partial charge is 0.302 e. The van der Waals surface area contributed by atoms with Crippen LogP contribution in [-0.2, 0) is 23.9 Å². The molecule has 5 nitrogen and oxygen atoms in total. The molecule has 0 radical (unpaired) electrons. The van der Waals surface area contributed by atoms with Crippen LogP contribution in [0.25, 0.3) is 0 Å². The fourth-order valence-corrected chi connectivity index (χ4v) is 10.3. The van der Waals surface area contributed by atoms with Crippen LogP contribution in [0, 0.1) is 46.3 Å². The van der Waals surface area contributed by atoms with Gasteiger partial charge in [-0.1, -0.05) is 69.7 Å². The quantitative estimate of drug-likeness (QED) is 0.164. The zero-order valence-electron chi connectivity index (χ0n) is 24.8. The lowest BCUT2D eigenvalue weighted by Gasteiger charge is -2.56. The van der Waals surface area contributed by atoms with Crippen LogP contribution in [0.1, 0.15) is 107 Å². The number of allylic oxidation sites excluding steroid dienone is 2. The van der Waals surface area contributed by atoms with Crippen LogP contribution in [-0.4, -0.2) is 33.9 Å². The van der Waals surface area contributed by atoms with E-state index in [2.05, 4.69) is 64.1 Å². The number of ketones is 1. The van der Waals surface area contributed by atoms with Crippen molar-refractivity contribution in [2.75, 3.05) is 0 Å². The molecule has 0 heterocycles. The van der Waals surface area contributed by atoms with E-state index in [0.717, 1.165) is 50.5 Å². The summed E-state index contributed by atoms with van der Waals surface area (Å²) in [5, 5.41) is 0. The molecule has 4 rings (SSSR count). The number of ether oxygens (including phenoxy) is 2. The number of hydrogen-bond acceptors (Lipinski definition) is 5. The SMILES string of the molecule is CC(=O)O[C@H]1CC[C@@]2(C)[C@@H](CCC3=C4C(=O)C[C@H]([C@H](C)[C@H](I)[C@H](OC(C)=O)[C@H](C)C(C)C)[C@@]4(C)CC[C@@H]32)C1. The third-order valence-corrected chi connectivity index (χ3v) is 13.3. The van der Waals surface area contributed by atoms with Gasteiger partial charge in [-0.2, -0.15) is 0 Å². The fourth-order valence-electron chi connectivity index (χ4n) is 8.99. The van der Waals surface area contributed by atoms with E-state index < -0.39 is 0 Å². The second-order valence-electron chi connectivity index (χ2n) is 13.9. The second kappa shape index (κ2) is 11.2. The second-order valence-corrected chi connectivity index (χ2v) is 15.3. The minimum Gasteiger partial charge on any atom is -0.463 e. The molecule has 38 heavy (non-hydrogen) atoms. The Morgan fingerprint density at radius 2 is 1.68 bits per heavy atom. The van der Waals surface area contributed by atoms with E-state index in [1.807, 2.05) is 0 Å². The summed E-state index contributed by atoms with van der Waals surface area (Å²) >= 11 is 2.51. The minimum absolute atomic E-state index is 0.0472. The molecule has 3 fully saturated rings. The maximum atomic E-state index is 13.8. The highest BCUT2D eigenvalue weighted by atomic mass is 127. The van der Waals surface area contributed by atoms with E-state index in [9.17, 15) is 14.4 Å². The van der Waals surface area contributed by atoms with Gasteiger partial charge in [0, 0.05) is 25.8 Å². The highest BCUT2D eigenvalue weighted by Gasteiger charge is 2.59. The molecule has 0 aliphatic heterocycles. The van der Waals surface area contributed by atoms with E-state index in [4.69, 9.17) is 9.47 Å². The van der Waals surface area contributed by atoms with Crippen LogP contribution in [0.5, 0.6) is 0 Å². The number of carbonyl (C=O) groups excluding carboxylic acids is 3. The van der Waals surface area contributed by atoms with Gasteiger partial charge in [-0.05, 0) is 91.3 Å². The molecule has 0 saturated heterocycles. The van der Waals surface area contributed by atoms with Crippen molar-refractivity contribution in [2.45, 2.75) is 123 Å². The van der Waals surface area contributed by atoms with Gasteiger partial charge in [-0.25, -0.2) is 0 Å². The van der Waals surface area contributed by atoms with Gasteiger partial charge in [0.15, 0.2) is 5.78 Å². The third kappa shape index (κ3) is 5.25. The molecule has 0 amide bonds. The van der Waals surface area contributed by atoms with Gasteiger partial charge in [0.05, 0.1) is 3.92 Å². The lowest BCUT2D eigenvalue weighted by Crippen LogP contribution is -2.49. The number of carbonyl (C=O) groups is 3. The van der Waals surface area contributed by atoms with Gasteiger partial charge in [-0.15, -0.1) is 0 Å². The number of alkyl halides is 1. The highest BCUT2D eigenvalue weighted by molar-refractivity contribution is 14.1. The van der Waals surface area contributed by atoms with Crippen LogP contribution >= 0.6 is 22.6 Å². The predicted octanol–water partition coefficient (Wildman–Crippen LogP) is 7.48. The molecule has 3 saturated carbocycles. The molecule has 0 aromatic carbocycles. The topological polar surface area (TPSA) is 69.7 Å². The number of hydrogen-bond donors (Lipinski definition) is 0. The molecule has 0 aromatic rings. The van der Waals surface area contributed by atoms with Gasteiger partial charge in [0.1, 0.15) is 12.2 Å². The number of fused-ring (bicyclic) bond motifs is 4. The van der Waals surface area contributed by atoms with Gasteiger partial charge < -0.3 is 9.47 Å². The van der Waals surface area contributed by atoms with Crippen molar-refractivity contribution in [3.05, 3.63) is 11.1 Å². The summed E-state index contributed by atoms with van der Waals surface area (Å²) in [6.07, 6.45) is 7.73. The lowest BCUT2D eigenvalue weighted by molar-refractivity contribution is -0.153. The number of rotatable bonds is 7. The largest absolute Gasteiger partial charge is 0.463 e. The van der Waals surface area contributed by atoms with E-state index >= 15 is 0 Å². The number of halogens is 1.